The maximum Gasteiger partial charge on any atom is 0.387 e. The van der Waals surface area contributed by atoms with Gasteiger partial charge in [0, 0.05) is 32.0 Å². The highest BCUT2D eigenvalue weighted by molar-refractivity contribution is 5.98. The number of carbonyl (C=O) groups is 2. The number of aryl methyl sites for hydroxylation is 2. The summed E-state index contributed by atoms with van der Waals surface area (Å²) in [6.45, 7) is -2.53. The second kappa shape index (κ2) is 8.95. The topological polar surface area (TPSA) is 46.6 Å². The van der Waals surface area contributed by atoms with Crippen LogP contribution in [0.5, 0.6) is 5.75 Å². The molecule has 4 nitrogen and oxygen atoms in total. The molecule has 1 aliphatic rings. The predicted octanol–water partition coefficient (Wildman–Crippen LogP) is 4.40. The molecule has 0 N–H and O–H groups in total. The number of fused-ring (bicyclic) bond motifs is 1. The minimum atomic E-state index is -2.86. The number of hydrogen-bond acceptors (Lipinski definition) is 3. The molecule has 3 rings (SSSR count). The van der Waals surface area contributed by atoms with E-state index in [2.05, 4.69) is 4.74 Å². The highest BCUT2D eigenvalue weighted by atomic mass is 19.3. The van der Waals surface area contributed by atoms with Crippen LogP contribution in [-0.2, 0) is 24.2 Å². The zero-order valence-electron chi connectivity index (χ0n) is 15.8. The molecule has 0 heterocycles. The van der Waals surface area contributed by atoms with Gasteiger partial charge in [-0.25, -0.2) is 0 Å². The van der Waals surface area contributed by atoms with Crippen molar-refractivity contribution >= 4 is 11.7 Å². The summed E-state index contributed by atoms with van der Waals surface area (Å²) in [4.78, 5) is 26.3. The highest BCUT2D eigenvalue weighted by Crippen LogP contribution is 2.23. The van der Waals surface area contributed by atoms with Gasteiger partial charge in [0.25, 0.3) is 0 Å². The number of alkyl halides is 2. The molecule has 148 valence electrons. The number of Topliss-reactive ketones (excluding diaryl/α,β-unsaturated/α-hetero) is 1. The Kier molecular flexibility index (Phi) is 6.39. The van der Waals surface area contributed by atoms with Gasteiger partial charge in [-0.05, 0) is 54.2 Å². The monoisotopic (exact) mass is 387 g/mol. The number of amides is 1. The van der Waals surface area contributed by atoms with Crippen LogP contribution in [0.25, 0.3) is 0 Å². The Balaban J connectivity index is 1.49. The van der Waals surface area contributed by atoms with E-state index in [1.54, 1.807) is 19.2 Å². The van der Waals surface area contributed by atoms with Crippen molar-refractivity contribution in [1.82, 2.24) is 4.90 Å². The minimum Gasteiger partial charge on any atom is -0.435 e. The maximum absolute atomic E-state index is 12.4. The number of hydrogen-bond donors (Lipinski definition) is 0. The average molecular weight is 387 g/mol. The molecule has 0 aromatic heterocycles. The molecular formula is C22H23F2NO3. The Morgan fingerprint density at radius 3 is 2.46 bits per heavy atom. The SMILES string of the molecule is CN(Cc1ccc(OC(F)F)cc1)C(=O)CCC(=O)c1ccc2c(c1)CCC2. The Hall–Kier alpha value is -2.76. The maximum atomic E-state index is 12.4. The summed E-state index contributed by atoms with van der Waals surface area (Å²) in [7, 11) is 1.66. The van der Waals surface area contributed by atoms with Gasteiger partial charge in [-0.1, -0.05) is 24.3 Å². The van der Waals surface area contributed by atoms with Crippen LogP contribution in [0.1, 0.15) is 46.3 Å². The fourth-order valence-corrected chi connectivity index (χ4v) is 3.44. The summed E-state index contributed by atoms with van der Waals surface area (Å²) in [5, 5.41) is 0. The number of benzene rings is 2. The van der Waals surface area contributed by atoms with Gasteiger partial charge in [0.2, 0.25) is 5.91 Å². The Bertz CT molecular complexity index is 849. The van der Waals surface area contributed by atoms with Crippen molar-refractivity contribution in [3.8, 4) is 5.75 Å². The van der Waals surface area contributed by atoms with E-state index in [0.29, 0.717) is 12.1 Å². The molecule has 0 radical (unpaired) electrons. The van der Waals surface area contributed by atoms with Crippen LogP contribution in [-0.4, -0.2) is 30.2 Å². The Labute approximate surface area is 163 Å². The molecule has 0 fully saturated rings. The van der Waals surface area contributed by atoms with Crippen LogP contribution < -0.4 is 4.74 Å². The average Bonchev–Trinajstić information content (AvgIpc) is 3.14. The van der Waals surface area contributed by atoms with Gasteiger partial charge in [-0.15, -0.1) is 0 Å². The molecule has 0 saturated heterocycles. The first kappa shape index (κ1) is 20.0. The van der Waals surface area contributed by atoms with Crippen LogP contribution in [0.4, 0.5) is 8.78 Å². The van der Waals surface area contributed by atoms with Gasteiger partial charge in [-0.2, -0.15) is 8.78 Å². The van der Waals surface area contributed by atoms with Gasteiger partial charge >= 0.3 is 6.61 Å². The fourth-order valence-electron chi connectivity index (χ4n) is 3.44. The smallest absolute Gasteiger partial charge is 0.387 e. The van der Waals surface area contributed by atoms with Crippen molar-refractivity contribution in [3.05, 3.63) is 64.7 Å². The van der Waals surface area contributed by atoms with Crippen molar-refractivity contribution in [2.45, 2.75) is 45.3 Å². The molecule has 1 aliphatic carbocycles. The molecule has 6 heteroatoms. The predicted molar refractivity (Wildman–Crippen MR) is 102 cm³/mol. The minimum absolute atomic E-state index is 0.0232. The quantitative estimate of drug-likeness (QED) is 0.631. The number of halogens is 2. The zero-order chi connectivity index (χ0) is 20.1. The molecule has 2 aromatic rings. The summed E-state index contributed by atoms with van der Waals surface area (Å²) in [5.74, 6) is -0.0833. The third kappa shape index (κ3) is 5.15. The number of ketones is 1. The molecule has 0 bridgehead atoms. The normalized spacial score (nSPS) is 12.7. The molecule has 2 aromatic carbocycles. The molecule has 0 unspecified atom stereocenters. The van der Waals surface area contributed by atoms with Gasteiger partial charge in [-0.3, -0.25) is 9.59 Å². The van der Waals surface area contributed by atoms with E-state index in [0.717, 1.165) is 24.8 Å². The lowest BCUT2D eigenvalue weighted by atomic mass is 10.0. The number of rotatable bonds is 8. The van der Waals surface area contributed by atoms with Crippen molar-refractivity contribution in [2.75, 3.05) is 7.05 Å². The number of nitrogens with zero attached hydrogens (tertiary/aromatic N) is 1. The summed E-state index contributed by atoms with van der Waals surface area (Å²) in [6.07, 6.45) is 3.52. The summed E-state index contributed by atoms with van der Waals surface area (Å²) in [6, 6.07) is 12.0. The van der Waals surface area contributed by atoms with E-state index in [1.807, 2.05) is 18.2 Å². The first-order valence-electron chi connectivity index (χ1n) is 9.35. The standard InChI is InChI=1S/C22H23F2NO3/c1-25(14-15-5-9-19(10-6-15)28-22(23)24)21(27)12-11-20(26)18-8-7-16-3-2-4-17(16)13-18/h5-10,13,22H,2-4,11-12,14H2,1H3. The third-order valence-electron chi connectivity index (χ3n) is 4.98. The van der Waals surface area contributed by atoms with Gasteiger partial charge in [0.15, 0.2) is 5.78 Å². The first-order valence-corrected chi connectivity index (χ1v) is 9.35. The third-order valence-corrected chi connectivity index (χ3v) is 4.98. The molecule has 0 spiro atoms. The lowest BCUT2D eigenvalue weighted by Gasteiger charge is -2.17. The molecule has 1 amide bonds. The van der Waals surface area contributed by atoms with Crippen LogP contribution in [0, 0.1) is 0 Å². The largest absolute Gasteiger partial charge is 0.435 e. The van der Waals surface area contributed by atoms with E-state index in [1.165, 1.54) is 28.2 Å². The molecule has 0 saturated carbocycles. The van der Waals surface area contributed by atoms with Gasteiger partial charge < -0.3 is 9.64 Å². The van der Waals surface area contributed by atoms with Crippen molar-refractivity contribution in [2.24, 2.45) is 0 Å². The molecule has 0 atom stereocenters. The van der Waals surface area contributed by atoms with E-state index >= 15 is 0 Å². The zero-order valence-corrected chi connectivity index (χ0v) is 15.8. The Morgan fingerprint density at radius 2 is 1.75 bits per heavy atom. The van der Waals surface area contributed by atoms with Crippen LogP contribution >= 0.6 is 0 Å². The first-order chi connectivity index (χ1) is 13.4. The number of carbonyl (C=O) groups excluding carboxylic acids is 2. The molecule has 28 heavy (non-hydrogen) atoms. The van der Waals surface area contributed by atoms with Gasteiger partial charge in [0.1, 0.15) is 5.75 Å². The Morgan fingerprint density at radius 1 is 1.04 bits per heavy atom. The number of ether oxygens (including phenoxy) is 1. The van der Waals surface area contributed by atoms with E-state index in [9.17, 15) is 18.4 Å². The molecule has 0 aliphatic heterocycles. The lowest BCUT2D eigenvalue weighted by Crippen LogP contribution is -2.26. The fraction of sp³-hybridized carbons (Fsp3) is 0.364. The van der Waals surface area contributed by atoms with Crippen LogP contribution in [0.2, 0.25) is 0 Å². The van der Waals surface area contributed by atoms with Crippen molar-refractivity contribution < 1.29 is 23.1 Å². The van der Waals surface area contributed by atoms with Crippen LogP contribution in [0.3, 0.4) is 0 Å². The second-order valence-electron chi connectivity index (χ2n) is 7.03. The summed E-state index contributed by atoms with van der Waals surface area (Å²) >= 11 is 0. The van der Waals surface area contributed by atoms with Gasteiger partial charge in [0.05, 0.1) is 0 Å². The van der Waals surface area contributed by atoms with E-state index in [-0.39, 0.29) is 30.3 Å². The van der Waals surface area contributed by atoms with E-state index < -0.39 is 6.61 Å². The molecular weight excluding hydrogens is 364 g/mol. The highest BCUT2D eigenvalue weighted by Gasteiger charge is 2.16. The van der Waals surface area contributed by atoms with Crippen molar-refractivity contribution in [3.63, 3.8) is 0 Å². The summed E-state index contributed by atoms with van der Waals surface area (Å²) in [5.41, 5.74) is 4.03. The lowest BCUT2D eigenvalue weighted by molar-refractivity contribution is -0.130. The second-order valence-corrected chi connectivity index (χ2v) is 7.03. The van der Waals surface area contributed by atoms with E-state index in [4.69, 9.17) is 0 Å². The summed E-state index contributed by atoms with van der Waals surface area (Å²) < 4.78 is 28.6. The van der Waals surface area contributed by atoms with Crippen LogP contribution in [0.15, 0.2) is 42.5 Å². The van der Waals surface area contributed by atoms with Crippen molar-refractivity contribution in [1.29, 1.82) is 0 Å².